The van der Waals surface area contributed by atoms with Crippen LogP contribution in [0.4, 0.5) is 18.9 Å². The van der Waals surface area contributed by atoms with Crippen molar-refractivity contribution >= 4 is 22.6 Å². The van der Waals surface area contributed by atoms with Gasteiger partial charge in [-0.2, -0.15) is 18.3 Å². The maximum Gasteiger partial charge on any atom is 0.416 e. The van der Waals surface area contributed by atoms with Gasteiger partial charge in [-0.15, -0.1) is 0 Å². The Bertz CT molecular complexity index is 959. The predicted molar refractivity (Wildman–Crippen MR) is 92.0 cm³/mol. The number of alkyl halides is 3. The maximum atomic E-state index is 12.6. The zero-order valence-electron chi connectivity index (χ0n) is 14.4. The van der Waals surface area contributed by atoms with E-state index in [-0.39, 0.29) is 11.7 Å². The molecule has 0 saturated carbocycles. The van der Waals surface area contributed by atoms with Gasteiger partial charge in [-0.1, -0.05) is 0 Å². The first-order valence-corrected chi connectivity index (χ1v) is 8.00. The molecular formula is C18H17F3N4O. The molecule has 2 heterocycles. The quantitative estimate of drug-likeness (QED) is 0.741. The highest BCUT2D eigenvalue weighted by atomic mass is 19.4. The molecule has 0 aliphatic heterocycles. The Morgan fingerprint density at radius 1 is 1.19 bits per heavy atom. The third kappa shape index (κ3) is 3.40. The summed E-state index contributed by atoms with van der Waals surface area (Å²) in [4.78, 5) is 17.0. The Hall–Kier alpha value is -2.90. The number of nitrogens with zero attached hydrogens (tertiary/aromatic N) is 3. The zero-order chi connectivity index (χ0) is 19.1. The minimum Gasteiger partial charge on any atom is -0.322 e. The lowest BCUT2D eigenvalue weighted by atomic mass is 10.1. The monoisotopic (exact) mass is 362 g/mol. The average Bonchev–Trinajstić information content (AvgIpc) is 2.96. The van der Waals surface area contributed by atoms with Gasteiger partial charge in [0.1, 0.15) is 0 Å². The normalized spacial score (nSPS) is 12.0. The molecule has 1 N–H and O–H groups in total. The van der Waals surface area contributed by atoms with Crippen LogP contribution in [0.3, 0.4) is 0 Å². The highest BCUT2D eigenvalue weighted by molar-refractivity contribution is 6.06. The molecule has 0 unspecified atom stereocenters. The molecular weight excluding hydrogens is 345 g/mol. The number of fused-ring (bicyclic) bond motifs is 1. The second kappa shape index (κ2) is 6.44. The van der Waals surface area contributed by atoms with E-state index in [0.29, 0.717) is 16.9 Å². The van der Waals surface area contributed by atoms with Gasteiger partial charge in [-0.25, -0.2) is 9.67 Å². The van der Waals surface area contributed by atoms with E-state index < -0.39 is 17.6 Å². The van der Waals surface area contributed by atoms with E-state index in [1.54, 1.807) is 23.9 Å². The Kier molecular flexibility index (Phi) is 4.43. The molecule has 0 saturated heterocycles. The van der Waals surface area contributed by atoms with E-state index >= 15 is 0 Å². The van der Waals surface area contributed by atoms with Gasteiger partial charge in [-0.3, -0.25) is 4.79 Å². The number of halogens is 3. The first kappa shape index (κ1) is 17.9. The van der Waals surface area contributed by atoms with Crippen molar-refractivity contribution in [3.8, 4) is 0 Å². The van der Waals surface area contributed by atoms with Gasteiger partial charge in [0, 0.05) is 17.1 Å². The van der Waals surface area contributed by atoms with Crippen molar-refractivity contribution in [1.82, 2.24) is 14.8 Å². The fraction of sp³-hybridized carbons (Fsp3) is 0.278. The van der Waals surface area contributed by atoms with Crippen molar-refractivity contribution < 1.29 is 18.0 Å². The van der Waals surface area contributed by atoms with Crippen molar-refractivity contribution in [3.05, 3.63) is 53.3 Å². The Morgan fingerprint density at radius 3 is 2.42 bits per heavy atom. The number of nitrogens with one attached hydrogen (secondary N) is 1. The van der Waals surface area contributed by atoms with Crippen molar-refractivity contribution in [1.29, 1.82) is 0 Å². The van der Waals surface area contributed by atoms with Crippen LogP contribution >= 0.6 is 0 Å². The molecule has 0 bridgehead atoms. The molecule has 0 radical (unpaired) electrons. The van der Waals surface area contributed by atoms with Crippen LogP contribution in [0.5, 0.6) is 0 Å². The number of pyridine rings is 1. The molecule has 5 nitrogen and oxygen atoms in total. The molecule has 3 rings (SSSR count). The van der Waals surface area contributed by atoms with E-state index in [0.717, 1.165) is 17.5 Å². The first-order valence-electron chi connectivity index (χ1n) is 8.00. The van der Waals surface area contributed by atoms with E-state index in [1.807, 2.05) is 13.8 Å². The molecule has 136 valence electrons. The lowest BCUT2D eigenvalue weighted by Gasteiger charge is -2.11. The second-order valence-electron chi connectivity index (χ2n) is 6.25. The molecule has 0 aliphatic rings. The standard InChI is InChI=1S/C18H17F3N4O/c1-10(2)25-16-12(9-22-25)8-15(11(3)23-16)17(26)24-14-6-4-13(5-7-14)18(19,20)21/h4-10H,1-3H3,(H,24,26). The summed E-state index contributed by atoms with van der Waals surface area (Å²) in [5.74, 6) is -0.436. The lowest BCUT2D eigenvalue weighted by Crippen LogP contribution is -2.15. The summed E-state index contributed by atoms with van der Waals surface area (Å²) >= 11 is 0. The largest absolute Gasteiger partial charge is 0.416 e. The summed E-state index contributed by atoms with van der Waals surface area (Å²) in [6.07, 6.45) is -2.78. The van der Waals surface area contributed by atoms with Gasteiger partial charge in [0.25, 0.3) is 5.91 Å². The van der Waals surface area contributed by atoms with Gasteiger partial charge < -0.3 is 5.32 Å². The highest BCUT2D eigenvalue weighted by Crippen LogP contribution is 2.30. The van der Waals surface area contributed by atoms with Gasteiger partial charge in [0.2, 0.25) is 0 Å². The molecule has 3 aromatic rings. The molecule has 2 aromatic heterocycles. The minimum atomic E-state index is -4.41. The summed E-state index contributed by atoms with van der Waals surface area (Å²) in [7, 11) is 0. The maximum absolute atomic E-state index is 12.6. The van der Waals surface area contributed by atoms with Gasteiger partial charge in [0.15, 0.2) is 5.65 Å². The Balaban J connectivity index is 1.87. The van der Waals surface area contributed by atoms with Crippen LogP contribution in [0.1, 0.15) is 41.5 Å². The van der Waals surface area contributed by atoms with Crippen LogP contribution in [-0.2, 0) is 6.18 Å². The topological polar surface area (TPSA) is 59.8 Å². The average molecular weight is 362 g/mol. The number of aromatic nitrogens is 3. The second-order valence-corrected chi connectivity index (χ2v) is 6.25. The van der Waals surface area contributed by atoms with Crippen molar-refractivity contribution in [2.75, 3.05) is 5.32 Å². The van der Waals surface area contributed by atoms with Crippen molar-refractivity contribution in [3.63, 3.8) is 0 Å². The molecule has 26 heavy (non-hydrogen) atoms. The summed E-state index contributed by atoms with van der Waals surface area (Å²) in [6, 6.07) is 6.11. The van der Waals surface area contributed by atoms with E-state index in [1.165, 1.54) is 12.1 Å². The molecule has 0 aliphatic carbocycles. The lowest BCUT2D eigenvalue weighted by molar-refractivity contribution is -0.137. The van der Waals surface area contributed by atoms with Gasteiger partial charge in [-0.05, 0) is 51.1 Å². The van der Waals surface area contributed by atoms with Crippen molar-refractivity contribution in [2.24, 2.45) is 0 Å². The SMILES string of the molecule is Cc1nc2c(cnn2C(C)C)cc1C(=O)Nc1ccc(C(F)(F)F)cc1. The van der Waals surface area contributed by atoms with Crippen LogP contribution in [0.2, 0.25) is 0 Å². The van der Waals surface area contributed by atoms with Crippen LogP contribution in [-0.4, -0.2) is 20.7 Å². The number of anilines is 1. The fourth-order valence-corrected chi connectivity index (χ4v) is 2.61. The number of hydrogen-bond acceptors (Lipinski definition) is 3. The molecule has 0 spiro atoms. The summed E-state index contributed by atoms with van der Waals surface area (Å²) in [5.41, 5.74) is 1.06. The number of carbonyl (C=O) groups is 1. The number of amides is 1. The van der Waals surface area contributed by atoms with Crippen LogP contribution in [0.15, 0.2) is 36.5 Å². The smallest absolute Gasteiger partial charge is 0.322 e. The number of carbonyl (C=O) groups excluding carboxylic acids is 1. The van der Waals surface area contributed by atoms with Crippen LogP contribution in [0, 0.1) is 6.92 Å². The van der Waals surface area contributed by atoms with E-state index in [2.05, 4.69) is 15.4 Å². The molecule has 0 fully saturated rings. The third-order valence-electron chi connectivity index (χ3n) is 3.96. The van der Waals surface area contributed by atoms with Crippen LogP contribution in [0.25, 0.3) is 11.0 Å². The molecule has 8 heteroatoms. The number of aryl methyl sites for hydroxylation is 1. The first-order chi connectivity index (χ1) is 12.2. The Morgan fingerprint density at radius 2 is 1.85 bits per heavy atom. The summed E-state index contributed by atoms with van der Waals surface area (Å²) in [6.45, 7) is 5.67. The zero-order valence-corrected chi connectivity index (χ0v) is 14.4. The van der Waals surface area contributed by atoms with Crippen molar-refractivity contribution in [2.45, 2.75) is 33.0 Å². The Labute approximate surface area is 147 Å². The number of rotatable bonds is 3. The van der Waals surface area contributed by atoms with Gasteiger partial charge >= 0.3 is 6.18 Å². The van der Waals surface area contributed by atoms with E-state index in [9.17, 15) is 18.0 Å². The fourth-order valence-electron chi connectivity index (χ4n) is 2.61. The number of hydrogen-bond donors (Lipinski definition) is 1. The van der Waals surface area contributed by atoms with Crippen LogP contribution < -0.4 is 5.32 Å². The summed E-state index contributed by atoms with van der Waals surface area (Å²) in [5, 5.41) is 7.59. The molecule has 1 amide bonds. The summed E-state index contributed by atoms with van der Waals surface area (Å²) < 4.78 is 39.6. The molecule has 1 aromatic carbocycles. The van der Waals surface area contributed by atoms with Gasteiger partial charge in [0.05, 0.1) is 23.0 Å². The third-order valence-corrected chi connectivity index (χ3v) is 3.96. The highest BCUT2D eigenvalue weighted by Gasteiger charge is 2.30. The minimum absolute atomic E-state index is 0.131. The number of benzene rings is 1. The van der Waals surface area contributed by atoms with E-state index in [4.69, 9.17) is 0 Å². The molecule has 0 atom stereocenters. The predicted octanol–water partition coefficient (Wildman–Crippen LogP) is 4.59.